The summed E-state index contributed by atoms with van der Waals surface area (Å²) < 4.78 is 9.98. The van der Waals surface area contributed by atoms with Crippen LogP contribution in [0.15, 0.2) is 46.9 Å². The van der Waals surface area contributed by atoms with Gasteiger partial charge in [-0.15, -0.1) is 0 Å². The largest absolute Gasteiger partial charge is 0.433 e. The Morgan fingerprint density at radius 3 is 2.59 bits per heavy atom. The topological polar surface area (TPSA) is 85.8 Å². The van der Waals surface area contributed by atoms with E-state index in [-0.39, 0.29) is 5.76 Å². The minimum atomic E-state index is -0.673. The van der Waals surface area contributed by atoms with Crippen molar-refractivity contribution in [1.82, 2.24) is 4.90 Å². The number of rotatable bonds is 7. The maximum absolute atomic E-state index is 12.4. The average molecular weight is 304 g/mol. The Balaban J connectivity index is 2.16. The molecule has 2 aromatic rings. The van der Waals surface area contributed by atoms with Crippen LogP contribution in [0.4, 0.5) is 5.88 Å². The van der Waals surface area contributed by atoms with Gasteiger partial charge in [0.25, 0.3) is 5.91 Å². The second-order valence-electron chi connectivity index (χ2n) is 4.60. The quantitative estimate of drug-likeness (QED) is 0.579. The van der Waals surface area contributed by atoms with E-state index in [1.807, 2.05) is 30.3 Å². The van der Waals surface area contributed by atoms with Gasteiger partial charge in [0.05, 0.1) is 12.7 Å². The van der Waals surface area contributed by atoms with E-state index in [9.17, 15) is 14.9 Å². The molecule has 0 aliphatic heterocycles. The minimum Gasteiger partial charge on any atom is -0.395 e. The minimum absolute atomic E-state index is 0.0567. The summed E-state index contributed by atoms with van der Waals surface area (Å²) >= 11 is 0. The molecular weight excluding hydrogens is 288 g/mol. The van der Waals surface area contributed by atoms with Crippen LogP contribution in [0.2, 0.25) is 0 Å². The highest BCUT2D eigenvalue weighted by molar-refractivity contribution is 5.91. The monoisotopic (exact) mass is 304 g/mol. The first kappa shape index (κ1) is 15.7. The molecule has 2 rings (SSSR count). The van der Waals surface area contributed by atoms with Crippen molar-refractivity contribution in [3.63, 3.8) is 0 Å². The van der Waals surface area contributed by atoms with Crippen LogP contribution in [-0.4, -0.2) is 36.0 Å². The average Bonchev–Trinajstić information content (AvgIpc) is 3.02. The molecule has 0 bridgehead atoms. The van der Waals surface area contributed by atoms with Crippen LogP contribution in [0.5, 0.6) is 0 Å². The lowest BCUT2D eigenvalue weighted by Crippen LogP contribution is -2.33. The molecule has 7 heteroatoms. The van der Waals surface area contributed by atoms with Crippen molar-refractivity contribution < 1.29 is 18.9 Å². The molecule has 1 aromatic heterocycles. The summed E-state index contributed by atoms with van der Waals surface area (Å²) in [6, 6.07) is 11.9. The third-order valence-electron chi connectivity index (χ3n) is 3.05. The number of ether oxygens (including phenoxy) is 1. The highest BCUT2D eigenvalue weighted by Gasteiger charge is 2.22. The normalized spacial score (nSPS) is 10.4. The number of nitrogens with zero attached hydrogens (tertiary/aromatic N) is 2. The fraction of sp³-hybridized carbons (Fsp3) is 0.267. The Kier molecular flexibility index (Phi) is 5.26. The molecule has 0 spiro atoms. The van der Waals surface area contributed by atoms with Gasteiger partial charge in [-0.25, -0.2) is 0 Å². The number of nitro groups is 1. The van der Waals surface area contributed by atoms with Crippen LogP contribution < -0.4 is 0 Å². The predicted octanol–water partition coefficient (Wildman–Crippen LogP) is 2.48. The van der Waals surface area contributed by atoms with Crippen molar-refractivity contribution in [2.75, 3.05) is 20.3 Å². The van der Waals surface area contributed by atoms with Crippen molar-refractivity contribution >= 4 is 11.8 Å². The highest BCUT2D eigenvalue weighted by Crippen LogP contribution is 2.18. The van der Waals surface area contributed by atoms with Crippen LogP contribution in [-0.2, 0) is 11.3 Å². The number of benzene rings is 1. The molecule has 0 radical (unpaired) electrons. The zero-order valence-electron chi connectivity index (χ0n) is 12.1. The van der Waals surface area contributed by atoms with Crippen molar-refractivity contribution in [3.05, 3.63) is 63.9 Å². The molecule has 0 aliphatic rings. The van der Waals surface area contributed by atoms with Gasteiger partial charge < -0.3 is 14.1 Å². The lowest BCUT2D eigenvalue weighted by atomic mass is 10.2. The molecule has 0 N–H and O–H groups in total. The van der Waals surface area contributed by atoms with Crippen LogP contribution in [0.25, 0.3) is 0 Å². The van der Waals surface area contributed by atoms with E-state index in [1.165, 1.54) is 17.0 Å². The Morgan fingerprint density at radius 1 is 1.27 bits per heavy atom. The maximum Gasteiger partial charge on any atom is 0.433 e. The summed E-state index contributed by atoms with van der Waals surface area (Å²) in [5, 5.41) is 10.6. The number of methoxy groups -OCH3 is 1. The summed E-state index contributed by atoms with van der Waals surface area (Å²) in [6.07, 6.45) is 0. The van der Waals surface area contributed by atoms with Gasteiger partial charge in [-0.3, -0.25) is 14.9 Å². The molecule has 0 atom stereocenters. The maximum atomic E-state index is 12.4. The number of amides is 1. The Bertz CT molecular complexity index is 638. The first-order chi connectivity index (χ1) is 10.6. The fourth-order valence-electron chi connectivity index (χ4n) is 1.95. The third kappa shape index (κ3) is 3.92. The molecule has 1 aromatic carbocycles. The Morgan fingerprint density at radius 2 is 2.00 bits per heavy atom. The molecule has 0 saturated carbocycles. The molecular formula is C15H16N2O5. The molecule has 0 fully saturated rings. The van der Waals surface area contributed by atoms with E-state index in [1.54, 1.807) is 7.11 Å². The van der Waals surface area contributed by atoms with Gasteiger partial charge >= 0.3 is 5.88 Å². The summed E-state index contributed by atoms with van der Waals surface area (Å²) in [5.74, 6) is -0.914. The number of furan rings is 1. The number of carbonyl (C=O) groups excluding carboxylic acids is 1. The predicted molar refractivity (Wildman–Crippen MR) is 78.4 cm³/mol. The molecule has 0 unspecified atom stereocenters. The number of hydrogen-bond acceptors (Lipinski definition) is 5. The lowest BCUT2D eigenvalue weighted by Gasteiger charge is -2.21. The van der Waals surface area contributed by atoms with E-state index >= 15 is 0 Å². The molecule has 7 nitrogen and oxygen atoms in total. The third-order valence-corrected chi connectivity index (χ3v) is 3.05. The van der Waals surface area contributed by atoms with Crippen molar-refractivity contribution in [2.24, 2.45) is 0 Å². The van der Waals surface area contributed by atoms with Gasteiger partial charge in [0.1, 0.15) is 4.92 Å². The van der Waals surface area contributed by atoms with Crippen molar-refractivity contribution in [1.29, 1.82) is 0 Å². The van der Waals surface area contributed by atoms with Crippen LogP contribution in [0.3, 0.4) is 0 Å². The Hall–Kier alpha value is -2.67. The highest BCUT2D eigenvalue weighted by atomic mass is 16.6. The smallest absolute Gasteiger partial charge is 0.395 e. The van der Waals surface area contributed by atoms with Gasteiger partial charge in [-0.2, -0.15) is 0 Å². The van der Waals surface area contributed by atoms with Gasteiger partial charge in [0, 0.05) is 20.2 Å². The number of hydrogen-bond donors (Lipinski definition) is 0. The summed E-state index contributed by atoms with van der Waals surface area (Å²) in [6.45, 7) is 1.09. The molecule has 0 saturated heterocycles. The first-order valence-electron chi connectivity index (χ1n) is 6.68. The van der Waals surface area contributed by atoms with Gasteiger partial charge in [-0.1, -0.05) is 30.3 Å². The van der Waals surface area contributed by atoms with Gasteiger partial charge in [-0.05, 0) is 11.6 Å². The molecule has 0 aliphatic carbocycles. The molecule has 1 heterocycles. The molecule has 1 amide bonds. The summed E-state index contributed by atoms with van der Waals surface area (Å²) in [5.41, 5.74) is 0.952. The van der Waals surface area contributed by atoms with E-state index in [2.05, 4.69) is 0 Å². The second kappa shape index (κ2) is 7.37. The first-order valence-corrected chi connectivity index (χ1v) is 6.68. The lowest BCUT2D eigenvalue weighted by molar-refractivity contribution is -0.402. The van der Waals surface area contributed by atoms with E-state index < -0.39 is 16.7 Å². The van der Waals surface area contributed by atoms with Gasteiger partial charge in [0.15, 0.2) is 5.76 Å². The fourth-order valence-corrected chi connectivity index (χ4v) is 1.95. The van der Waals surface area contributed by atoms with Gasteiger partial charge in [0.2, 0.25) is 0 Å². The van der Waals surface area contributed by atoms with Crippen LogP contribution in [0, 0.1) is 10.1 Å². The molecule has 116 valence electrons. The standard InChI is InChI=1S/C15H16N2O5/c1-21-10-9-16(11-12-5-3-2-4-6-12)15(18)13-7-8-14(22-13)17(19)20/h2-8H,9-11H2,1H3. The number of carbonyl (C=O) groups is 1. The van der Waals surface area contributed by atoms with E-state index in [0.717, 1.165) is 5.56 Å². The zero-order valence-corrected chi connectivity index (χ0v) is 12.1. The SMILES string of the molecule is COCCN(Cc1ccccc1)C(=O)c1ccc([N+](=O)[O-])o1. The Labute approximate surface area is 127 Å². The summed E-state index contributed by atoms with van der Waals surface area (Å²) in [7, 11) is 1.54. The van der Waals surface area contributed by atoms with Crippen LogP contribution in [0.1, 0.15) is 16.1 Å². The van der Waals surface area contributed by atoms with Crippen molar-refractivity contribution in [3.8, 4) is 0 Å². The van der Waals surface area contributed by atoms with E-state index in [0.29, 0.717) is 19.7 Å². The van der Waals surface area contributed by atoms with Crippen LogP contribution >= 0.6 is 0 Å². The van der Waals surface area contributed by atoms with Crippen molar-refractivity contribution in [2.45, 2.75) is 6.54 Å². The zero-order chi connectivity index (χ0) is 15.9. The summed E-state index contributed by atoms with van der Waals surface area (Å²) in [4.78, 5) is 23.9. The van der Waals surface area contributed by atoms with E-state index in [4.69, 9.17) is 9.15 Å². The molecule has 22 heavy (non-hydrogen) atoms. The second-order valence-corrected chi connectivity index (χ2v) is 4.60.